The Hall–Kier alpha value is -0.0800. The highest BCUT2D eigenvalue weighted by atomic mass is 16.5. The van der Waals surface area contributed by atoms with Crippen molar-refractivity contribution < 1.29 is 4.74 Å². The van der Waals surface area contributed by atoms with E-state index in [9.17, 15) is 0 Å². The zero-order chi connectivity index (χ0) is 11.3. The maximum Gasteiger partial charge on any atom is 0.0645 e. The molecule has 0 saturated carbocycles. The number of rotatable bonds is 2. The predicted octanol–water partition coefficient (Wildman–Crippen LogP) is 2.67. The first-order valence-electron chi connectivity index (χ1n) is 6.95. The van der Waals surface area contributed by atoms with Gasteiger partial charge in [0.25, 0.3) is 0 Å². The lowest BCUT2D eigenvalue weighted by Crippen LogP contribution is -2.58. The lowest BCUT2D eigenvalue weighted by molar-refractivity contribution is -0.110. The van der Waals surface area contributed by atoms with Gasteiger partial charge in [-0.1, -0.05) is 20.8 Å². The van der Waals surface area contributed by atoms with E-state index in [-0.39, 0.29) is 0 Å². The summed E-state index contributed by atoms with van der Waals surface area (Å²) in [6.45, 7) is 9.30. The summed E-state index contributed by atoms with van der Waals surface area (Å²) in [5.41, 5.74) is 0.590. The van der Waals surface area contributed by atoms with Gasteiger partial charge in [-0.3, -0.25) is 4.90 Å². The number of piperidine rings is 1. The molecule has 2 unspecified atom stereocenters. The van der Waals surface area contributed by atoms with Crippen molar-refractivity contribution in [3.63, 3.8) is 0 Å². The maximum absolute atomic E-state index is 5.37. The van der Waals surface area contributed by atoms with Crippen LogP contribution in [-0.2, 0) is 4.74 Å². The number of nitrogens with zero attached hydrogens (tertiary/aromatic N) is 1. The van der Waals surface area contributed by atoms with Crippen molar-refractivity contribution in [2.24, 2.45) is 11.3 Å². The van der Waals surface area contributed by atoms with Gasteiger partial charge < -0.3 is 4.74 Å². The summed E-state index contributed by atoms with van der Waals surface area (Å²) in [4.78, 5) is 2.81. The Bertz CT molecular complexity index is 258. The molecule has 3 aliphatic rings. The third-order valence-electron chi connectivity index (χ3n) is 5.52. The SMILES string of the molecule is CC(C)C1(C)CC2CCC(C1)N2C1COC1. The number of hydrogen-bond donors (Lipinski definition) is 0. The second-order valence-corrected chi connectivity index (χ2v) is 6.74. The van der Waals surface area contributed by atoms with Crippen molar-refractivity contribution in [3.05, 3.63) is 0 Å². The van der Waals surface area contributed by atoms with E-state index in [2.05, 4.69) is 25.7 Å². The van der Waals surface area contributed by atoms with Crippen LogP contribution in [0.3, 0.4) is 0 Å². The van der Waals surface area contributed by atoms with Gasteiger partial charge in [-0.05, 0) is 37.0 Å². The summed E-state index contributed by atoms with van der Waals surface area (Å²) in [5, 5.41) is 0. The molecule has 2 heteroatoms. The molecule has 0 aromatic carbocycles. The molecule has 16 heavy (non-hydrogen) atoms. The molecule has 92 valence electrons. The maximum atomic E-state index is 5.37. The highest BCUT2D eigenvalue weighted by Gasteiger charge is 2.50. The van der Waals surface area contributed by atoms with E-state index in [0.29, 0.717) is 5.41 Å². The Kier molecular flexibility index (Phi) is 2.56. The molecule has 0 radical (unpaired) electrons. The minimum absolute atomic E-state index is 0.590. The van der Waals surface area contributed by atoms with Gasteiger partial charge in [0.15, 0.2) is 0 Å². The molecule has 3 fully saturated rings. The quantitative estimate of drug-likeness (QED) is 0.713. The largest absolute Gasteiger partial charge is 0.378 e. The fraction of sp³-hybridized carbons (Fsp3) is 1.00. The molecule has 3 aliphatic heterocycles. The predicted molar refractivity (Wildman–Crippen MR) is 65.4 cm³/mol. The van der Waals surface area contributed by atoms with Gasteiger partial charge in [-0.25, -0.2) is 0 Å². The standard InChI is InChI=1S/C14H25NO/c1-10(2)14(3)6-11-4-5-12(7-14)15(11)13-8-16-9-13/h10-13H,4-9H2,1-3H3. The van der Waals surface area contributed by atoms with E-state index >= 15 is 0 Å². The second-order valence-electron chi connectivity index (χ2n) is 6.74. The third kappa shape index (κ3) is 1.53. The van der Waals surface area contributed by atoms with E-state index in [4.69, 9.17) is 4.74 Å². The van der Waals surface area contributed by atoms with Crippen molar-refractivity contribution in [3.8, 4) is 0 Å². The highest BCUT2D eigenvalue weighted by Crippen LogP contribution is 2.50. The monoisotopic (exact) mass is 223 g/mol. The summed E-state index contributed by atoms with van der Waals surface area (Å²) in [7, 11) is 0. The van der Waals surface area contributed by atoms with Crippen LogP contribution in [0.1, 0.15) is 46.5 Å². The normalized spacial score (nSPS) is 45.0. The summed E-state index contributed by atoms with van der Waals surface area (Å²) in [5.74, 6) is 0.829. The topological polar surface area (TPSA) is 12.5 Å². The Balaban J connectivity index is 1.76. The first-order valence-corrected chi connectivity index (χ1v) is 6.95. The van der Waals surface area contributed by atoms with Crippen LogP contribution in [0.15, 0.2) is 0 Å². The van der Waals surface area contributed by atoms with Gasteiger partial charge in [-0.15, -0.1) is 0 Å². The van der Waals surface area contributed by atoms with Gasteiger partial charge >= 0.3 is 0 Å². The Morgan fingerprint density at radius 1 is 1.06 bits per heavy atom. The van der Waals surface area contributed by atoms with Crippen molar-refractivity contribution in [1.29, 1.82) is 0 Å². The summed E-state index contributed by atoms with van der Waals surface area (Å²) >= 11 is 0. The summed E-state index contributed by atoms with van der Waals surface area (Å²) in [6, 6.07) is 2.48. The van der Waals surface area contributed by atoms with E-state index < -0.39 is 0 Å². The smallest absolute Gasteiger partial charge is 0.0645 e. The summed E-state index contributed by atoms with van der Waals surface area (Å²) in [6.07, 6.45) is 5.70. The van der Waals surface area contributed by atoms with Crippen molar-refractivity contribution in [2.45, 2.75) is 64.6 Å². The van der Waals surface area contributed by atoms with Crippen LogP contribution in [-0.4, -0.2) is 36.2 Å². The van der Waals surface area contributed by atoms with Crippen molar-refractivity contribution in [2.75, 3.05) is 13.2 Å². The van der Waals surface area contributed by atoms with Crippen molar-refractivity contribution >= 4 is 0 Å². The molecule has 0 N–H and O–H groups in total. The number of hydrogen-bond acceptors (Lipinski definition) is 2. The van der Waals surface area contributed by atoms with Crippen LogP contribution in [0, 0.1) is 11.3 Å². The molecule has 0 aromatic heterocycles. The molecular formula is C14H25NO. The van der Waals surface area contributed by atoms with E-state index in [1.165, 1.54) is 25.7 Å². The second kappa shape index (κ2) is 3.71. The van der Waals surface area contributed by atoms with E-state index in [1.54, 1.807) is 0 Å². The number of fused-ring (bicyclic) bond motifs is 2. The summed E-state index contributed by atoms with van der Waals surface area (Å²) < 4.78 is 5.37. The fourth-order valence-electron chi connectivity index (χ4n) is 4.02. The average Bonchev–Trinajstić information content (AvgIpc) is 2.42. The highest BCUT2D eigenvalue weighted by molar-refractivity contribution is 5.03. The van der Waals surface area contributed by atoms with Crippen LogP contribution in [0.4, 0.5) is 0 Å². The lowest BCUT2D eigenvalue weighted by atomic mass is 9.69. The molecule has 3 heterocycles. The van der Waals surface area contributed by atoms with Gasteiger partial charge in [-0.2, -0.15) is 0 Å². The van der Waals surface area contributed by atoms with E-state index in [0.717, 1.165) is 37.3 Å². The van der Waals surface area contributed by atoms with Crippen LogP contribution in [0.2, 0.25) is 0 Å². The Morgan fingerprint density at radius 2 is 1.62 bits per heavy atom. The zero-order valence-corrected chi connectivity index (χ0v) is 10.9. The fourth-order valence-corrected chi connectivity index (χ4v) is 4.02. The Morgan fingerprint density at radius 3 is 2.00 bits per heavy atom. The molecule has 2 nitrogen and oxygen atoms in total. The minimum atomic E-state index is 0.590. The Labute approximate surface area is 99.3 Å². The van der Waals surface area contributed by atoms with Crippen LogP contribution >= 0.6 is 0 Å². The van der Waals surface area contributed by atoms with Gasteiger partial charge in [0.05, 0.1) is 19.3 Å². The molecule has 0 amide bonds. The molecule has 2 bridgehead atoms. The zero-order valence-electron chi connectivity index (χ0n) is 10.9. The lowest BCUT2D eigenvalue weighted by Gasteiger charge is -2.51. The van der Waals surface area contributed by atoms with Crippen LogP contribution < -0.4 is 0 Å². The molecular weight excluding hydrogens is 198 g/mol. The molecule has 0 aromatic rings. The van der Waals surface area contributed by atoms with E-state index in [1.807, 2.05) is 0 Å². The third-order valence-corrected chi connectivity index (χ3v) is 5.52. The molecule has 2 atom stereocenters. The van der Waals surface area contributed by atoms with Crippen LogP contribution in [0.5, 0.6) is 0 Å². The minimum Gasteiger partial charge on any atom is -0.378 e. The molecule has 3 saturated heterocycles. The molecule has 3 rings (SSSR count). The van der Waals surface area contributed by atoms with Gasteiger partial charge in [0, 0.05) is 12.1 Å². The van der Waals surface area contributed by atoms with Gasteiger partial charge in [0.2, 0.25) is 0 Å². The van der Waals surface area contributed by atoms with Gasteiger partial charge in [0.1, 0.15) is 0 Å². The van der Waals surface area contributed by atoms with Crippen LogP contribution in [0.25, 0.3) is 0 Å². The molecule has 0 spiro atoms. The number of ether oxygens (including phenoxy) is 1. The van der Waals surface area contributed by atoms with Crippen molar-refractivity contribution in [1.82, 2.24) is 4.90 Å². The first-order chi connectivity index (χ1) is 7.60. The molecule has 0 aliphatic carbocycles. The first kappa shape index (κ1) is 11.0. The average molecular weight is 223 g/mol.